The maximum Gasteiger partial charge on any atom is 0.227 e. The Bertz CT molecular complexity index is 834. The third kappa shape index (κ3) is 5.28. The van der Waals surface area contributed by atoms with Gasteiger partial charge in [0.05, 0.1) is 0 Å². The van der Waals surface area contributed by atoms with Gasteiger partial charge in [-0.15, -0.1) is 11.8 Å². The molecule has 25 heavy (non-hydrogen) atoms. The molecule has 0 aliphatic rings. The molecule has 0 spiro atoms. The normalized spacial score (nSPS) is 10.6. The van der Waals surface area contributed by atoms with Gasteiger partial charge >= 0.3 is 0 Å². The molecule has 0 atom stereocenters. The number of rotatable bonds is 7. The lowest BCUT2D eigenvalue weighted by molar-refractivity contribution is -0.690. The van der Waals surface area contributed by atoms with Crippen molar-refractivity contribution in [1.29, 1.82) is 0 Å². The lowest BCUT2D eigenvalue weighted by Gasteiger charge is -2.04. The topological polar surface area (TPSA) is 20.9 Å². The van der Waals surface area contributed by atoms with Gasteiger partial charge in [-0.3, -0.25) is 4.79 Å². The third-order valence-corrected chi connectivity index (χ3v) is 5.43. The van der Waals surface area contributed by atoms with Crippen LogP contribution in [0.2, 0.25) is 0 Å². The van der Waals surface area contributed by atoms with Gasteiger partial charge in [-0.2, -0.15) is 4.57 Å². The van der Waals surface area contributed by atoms with Crippen LogP contribution >= 0.6 is 27.7 Å². The van der Waals surface area contributed by atoms with E-state index in [9.17, 15) is 4.79 Å². The predicted molar refractivity (Wildman–Crippen MR) is 106 cm³/mol. The highest BCUT2D eigenvalue weighted by atomic mass is 79.9. The number of ketones is 1. The van der Waals surface area contributed by atoms with Crippen molar-refractivity contribution in [2.45, 2.75) is 17.9 Å². The van der Waals surface area contributed by atoms with E-state index in [2.05, 4.69) is 50.8 Å². The highest BCUT2D eigenvalue weighted by Crippen LogP contribution is 2.21. The molecule has 1 aromatic heterocycles. The Kier molecular flexibility index (Phi) is 6.42. The van der Waals surface area contributed by atoms with E-state index in [1.54, 1.807) is 0 Å². The fourth-order valence-corrected chi connectivity index (χ4v) is 3.71. The number of aromatic nitrogens is 1. The number of nitrogens with zero attached hydrogens (tertiary/aromatic N) is 1. The number of hydrogen-bond acceptors (Lipinski definition) is 2. The second-order valence-corrected chi connectivity index (χ2v) is 7.75. The third-order valence-electron chi connectivity index (χ3n) is 3.88. The first-order chi connectivity index (χ1) is 12.2. The molecule has 4 heteroatoms. The van der Waals surface area contributed by atoms with Crippen molar-refractivity contribution >= 4 is 33.5 Å². The molecule has 0 saturated heterocycles. The molecular weight excluding hydrogens is 394 g/mol. The number of aryl methyl sites for hydroxylation is 1. The lowest BCUT2D eigenvalue weighted by Crippen LogP contribution is -2.41. The average molecular weight is 413 g/mol. The fourth-order valence-electron chi connectivity index (χ4n) is 2.57. The van der Waals surface area contributed by atoms with E-state index in [4.69, 9.17) is 0 Å². The van der Waals surface area contributed by atoms with Crippen LogP contribution in [-0.2, 0) is 13.0 Å². The van der Waals surface area contributed by atoms with Crippen LogP contribution in [0.15, 0.2) is 88.4 Å². The largest absolute Gasteiger partial charge is 0.287 e. The van der Waals surface area contributed by atoms with Crippen molar-refractivity contribution in [3.63, 3.8) is 0 Å². The van der Waals surface area contributed by atoms with Crippen molar-refractivity contribution in [2.75, 3.05) is 5.75 Å². The lowest BCUT2D eigenvalue weighted by atomic mass is 10.1. The molecule has 0 aliphatic heterocycles. The number of hydrogen-bond donors (Lipinski definition) is 0. The van der Waals surface area contributed by atoms with Gasteiger partial charge in [0, 0.05) is 39.2 Å². The Morgan fingerprint density at radius 1 is 0.920 bits per heavy atom. The smallest absolute Gasteiger partial charge is 0.227 e. The van der Waals surface area contributed by atoms with Crippen LogP contribution in [0.25, 0.3) is 0 Å². The Morgan fingerprint density at radius 2 is 1.64 bits per heavy atom. The summed E-state index contributed by atoms with van der Waals surface area (Å²) in [6.45, 7) is 0.378. The minimum Gasteiger partial charge on any atom is -0.287 e. The van der Waals surface area contributed by atoms with Gasteiger partial charge in [-0.1, -0.05) is 52.3 Å². The minimum atomic E-state index is 0.138. The molecule has 3 rings (SSSR count). The summed E-state index contributed by atoms with van der Waals surface area (Å²) in [5.41, 5.74) is 1.94. The molecule has 2 aromatic carbocycles. The van der Waals surface area contributed by atoms with Crippen molar-refractivity contribution in [3.8, 4) is 0 Å². The molecule has 0 aliphatic carbocycles. The van der Waals surface area contributed by atoms with Crippen LogP contribution in [0.1, 0.15) is 16.1 Å². The van der Waals surface area contributed by atoms with E-state index in [-0.39, 0.29) is 5.78 Å². The van der Waals surface area contributed by atoms with Crippen LogP contribution in [0.4, 0.5) is 0 Å². The number of benzene rings is 2. The first kappa shape index (κ1) is 17.9. The number of carbonyl (C=O) groups excluding carboxylic acids is 1. The van der Waals surface area contributed by atoms with Gasteiger partial charge in [0.1, 0.15) is 0 Å². The van der Waals surface area contributed by atoms with E-state index in [1.807, 2.05) is 60.4 Å². The monoisotopic (exact) mass is 412 g/mol. The summed E-state index contributed by atoms with van der Waals surface area (Å²) in [6.07, 6.45) is 2.91. The van der Waals surface area contributed by atoms with Crippen molar-refractivity contribution in [2.24, 2.45) is 0 Å². The molecule has 126 valence electrons. The number of carbonyl (C=O) groups is 1. The highest BCUT2D eigenvalue weighted by Gasteiger charge is 2.15. The van der Waals surface area contributed by atoms with Crippen LogP contribution in [0.3, 0.4) is 0 Å². The minimum absolute atomic E-state index is 0.138. The summed E-state index contributed by atoms with van der Waals surface area (Å²) in [4.78, 5) is 13.7. The van der Waals surface area contributed by atoms with Gasteiger partial charge in [-0.05, 0) is 24.3 Å². The van der Waals surface area contributed by atoms with Crippen LogP contribution < -0.4 is 4.57 Å². The van der Waals surface area contributed by atoms with E-state index in [1.165, 1.54) is 10.6 Å². The predicted octanol–water partition coefficient (Wildman–Crippen LogP) is 4.95. The van der Waals surface area contributed by atoms with E-state index >= 15 is 0 Å². The summed E-state index contributed by atoms with van der Waals surface area (Å²) in [5, 5.41) is 0. The van der Waals surface area contributed by atoms with Crippen molar-refractivity contribution in [1.82, 2.24) is 0 Å². The Hall–Kier alpha value is -1.91. The van der Waals surface area contributed by atoms with E-state index < -0.39 is 0 Å². The standard InChI is InChI=1S/C21H19BrNOS/c22-18-9-11-20(12-10-18)25-15-13-19-8-4-5-14-23(19)16-21(24)17-6-2-1-3-7-17/h1-12,14H,13,15-16H2/q+1. The Labute approximate surface area is 161 Å². The van der Waals surface area contributed by atoms with Gasteiger partial charge < -0.3 is 0 Å². The number of pyridine rings is 1. The zero-order chi connectivity index (χ0) is 17.5. The molecule has 0 unspecified atom stereocenters. The SMILES string of the molecule is O=C(C[n+]1ccccc1CCSc1ccc(Br)cc1)c1ccccc1. The molecule has 3 aromatic rings. The molecule has 0 fully saturated rings. The average Bonchev–Trinajstić information content (AvgIpc) is 2.65. The van der Waals surface area contributed by atoms with Crippen molar-refractivity contribution < 1.29 is 9.36 Å². The first-order valence-electron chi connectivity index (χ1n) is 8.16. The number of halogens is 1. The zero-order valence-corrected chi connectivity index (χ0v) is 16.2. The van der Waals surface area contributed by atoms with Gasteiger partial charge in [0.2, 0.25) is 12.3 Å². The van der Waals surface area contributed by atoms with Crippen LogP contribution in [0, 0.1) is 0 Å². The summed E-state index contributed by atoms with van der Waals surface area (Å²) < 4.78 is 3.15. The molecule has 0 radical (unpaired) electrons. The van der Waals surface area contributed by atoms with E-state index in [0.717, 1.165) is 22.2 Å². The summed E-state index contributed by atoms with van der Waals surface area (Å²) in [5.74, 6) is 1.11. The maximum absolute atomic E-state index is 12.5. The molecule has 0 saturated carbocycles. The first-order valence-corrected chi connectivity index (χ1v) is 9.94. The number of thioether (sulfide) groups is 1. The molecule has 0 N–H and O–H groups in total. The quantitative estimate of drug-likeness (QED) is 0.310. The van der Waals surface area contributed by atoms with E-state index in [0.29, 0.717) is 6.54 Å². The molecular formula is C21H19BrNOS+. The molecule has 2 nitrogen and oxygen atoms in total. The summed E-state index contributed by atoms with van der Waals surface area (Å²) in [7, 11) is 0. The summed E-state index contributed by atoms with van der Waals surface area (Å²) in [6, 6.07) is 23.9. The number of Topliss-reactive ketones (excluding diaryl/α,β-unsaturated/α-hetero) is 1. The molecule has 0 amide bonds. The van der Waals surface area contributed by atoms with Crippen LogP contribution in [-0.4, -0.2) is 11.5 Å². The molecule has 1 heterocycles. The van der Waals surface area contributed by atoms with Crippen LogP contribution in [0.5, 0.6) is 0 Å². The highest BCUT2D eigenvalue weighted by molar-refractivity contribution is 9.10. The van der Waals surface area contributed by atoms with Gasteiger partial charge in [0.25, 0.3) is 0 Å². The van der Waals surface area contributed by atoms with Gasteiger partial charge in [-0.25, -0.2) is 0 Å². The second kappa shape index (κ2) is 8.97. The molecule has 0 bridgehead atoms. The Balaban J connectivity index is 1.62. The van der Waals surface area contributed by atoms with Gasteiger partial charge in [0.15, 0.2) is 11.9 Å². The summed E-state index contributed by atoms with van der Waals surface area (Å²) >= 11 is 5.29. The zero-order valence-electron chi connectivity index (χ0n) is 13.8. The second-order valence-electron chi connectivity index (χ2n) is 5.66. The fraction of sp³-hybridized carbons (Fsp3) is 0.143. The Morgan fingerprint density at radius 3 is 2.40 bits per heavy atom. The maximum atomic E-state index is 12.5. The van der Waals surface area contributed by atoms with Crippen molar-refractivity contribution in [3.05, 3.63) is 94.7 Å².